The van der Waals surface area contributed by atoms with E-state index in [9.17, 15) is 0 Å². The number of nitrogen functional groups attached to an aromatic ring is 2. The predicted octanol–water partition coefficient (Wildman–Crippen LogP) is 1.30. The average molecular weight is 251 g/mol. The molecule has 0 bridgehead atoms. The van der Waals surface area contributed by atoms with Crippen molar-refractivity contribution in [2.24, 2.45) is 0 Å². The molecule has 0 spiro atoms. The maximum Gasteiger partial charge on any atom is 0.123 e. The first kappa shape index (κ1) is 9.48. The molecule has 0 aromatic carbocycles. The van der Waals surface area contributed by atoms with Gasteiger partial charge in [0.05, 0.1) is 11.9 Å². The third-order valence-electron chi connectivity index (χ3n) is 0.809. The van der Waals surface area contributed by atoms with Crippen molar-refractivity contribution in [3.8, 4) is 0 Å². The van der Waals surface area contributed by atoms with Gasteiger partial charge in [0.1, 0.15) is 5.82 Å². The van der Waals surface area contributed by atoms with Gasteiger partial charge >= 0.3 is 0 Å². The maximum atomic E-state index is 5.31. The van der Waals surface area contributed by atoms with Crippen molar-refractivity contribution in [2.45, 2.75) is 0 Å². The van der Waals surface area contributed by atoms with Crippen LogP contribution in [0.25, 0.3) is 0 Å². The standard InChI is InChI=1S/C5H7N3.CH3I/c6-4-1-2-5(7)8-3-4;1-2/h1-3H,6H2,(H2,7,8);1H3. The third kappa shape index (κ3) is 3.49. The molecule has 1 aromatic rings. The van der Waals surface area contributed by atoms with Gasteiger partial charge in [0.2, 0.25) is 0 Å². The van der Waals surface area contributed by atoms with E-state index in [0.29, 0.717) is 11.5 Å². The largest absolute Gasteiger partial charge is 0.397 e. The highest BCUT2D eigenvalue weighted by Crippen LogP contribution is 1.99. The molecule has 0 saturated carbocycles. The molecule has 0 fully saturated rings. The second-order valence-corrected chi connectivity index (χ2v) is 1.52. The highest BCUT2D eigenvalue weighted by molar-refractivity contribution is 14.1. The molecular weight excluding hydrogens is 241 g/mol. The Balaban J connectivity index is 0.000000371. The lowest BCUT2D eigenvalue weighted by atomic mass is 10.4. The molecule has 10 heavy (non-hydrogen) atoms. The van der Waals surface area contributed by atoms with E-state index in [2.05, 4.69) is 27.6 Å². The minimum absolute atomic E-state index is 0.499. The summed E-state index contributed by atoms with van der Waals surface area (Å²) >= 11 is 2.15. The van der Waals surface area contributed by atoms with Crippen LogP contribution in [0.15, 0.2) is 18.3 Å². The molecule has 1 rings (SSSR count). The van der Waals surface area contributed by atoms with Gasteiger partial charge in [-0.1, -0.05) is 22.6 Å². The van der Waals surface area contributed by atoms with E-state index in [0.717, 1.165) is 0 Å². The molecule has 1 aromatic heterocycles. The zero-order valence-corrected chi connectivity index (χ0v) is 7.87. The van der Waals surface area contributed by atoms with E-state index in [-0.39, 0.29) is 0 Å². The van der Waals surface area contributed by atoms with Crippen LogP contribution in [0.2, 0.25) is 0 Å². The minimum Gasteiger partial charge on any atom is -0.397 e. The third-order valence-corrected chi connectivity index (χ3v) is 0.809. The van der Waals surface area contributed by atoms with Crippen LogP contribution in [0.3, 0.4) is 0 Å². The number of aromatic nitrogens is 1. The van der Waals surface area contributed by atoms with Gasteiger partial charge in [-0.25, -0.2) is 4.98 Å². The summed E-state index contributed by atoms with van der Waals surface area (Å²) < 4.78 is 0. The van der Waals surface area contributed by atoms with Gasteiger partial charge in [-0.15, -0.1) is 0 Å². The second kappa shape index (κ2) is 5.28. The van der Waals surface area contributed by atoms with Gasteiger partial charge in [0.25, 0.3) is 0 Å². The first-order chi connectivity index (χ1) is 4.79. The number of hydrogen-bond acceptors (Lipinski definition) is 3. The van der Waals surface area contributed by atoms with Crippen molar-refractivity contribution in [1.29, 1.82) is 0 Å². The van der Waals surface area contributed by atoms with Crippen LogP contribution in [0.4, 0.5) is 11.5 Å². The number of nitrogens with two attached hydrogens (primary N) is 2. The van der Waals surface area contributed by atoms with Crippen LogP contribution >= 0.6 is 22.6 Å². The van der Waals surface area contributed by atoms with E-state index in [4.69, 9.17) is 11.5 Å². The van der Waals surface area contributed by atoms with E-state index in [1.807, 2.05) is 4.93 Å². The van der Waals surface area contributed by atoms with Crippen molar-refractivity contribution in [3.63, 3.8) is 0 Å². The summed E-state index contributed by atoms with van der Waals surface area (Å²) in [5, 5.41) is 0. The Morgan fingerprint density at radius 3 is 2.20 bits per heavy atom. The van der Waals surface area contributed by atoms with Crippen LogP contribution in [0.1, 0.15) is 0 Å². The van der Waals surface area contributed by atoms with Crippen molar-refractivity contribution in [3.05, 3.63) is 18.3 Å². The molecule has 0 amide bonds. The van der Waals surface area contributed by atoms with E-state index < -0.39 is 0 Å². The number of pyridine rings is 1. The molecular formula is C6H10IN3. The molecule has 56 valence electrons. The first-order valence-corrected chi connectivity index (χ1v) is 4.79. The maximum absolute atomic E-state index is 5.31. The SMILES string of the molecule is CI.Nc1ccc(N)nc1. The molecule has 0 saturated heterocycles. The minimum atomic E-state index is 0.499. The van der Waals surface area contributed by atoms with Gasteiger partial charge in [0, 0.05) is 0 Å². The van der Waals surface area contributed by atoms with Gasteiger partial charge in [-0.2, -0.15) is 0 Å². The molecule has 0 radical (unpaired) electrons. The zero-order chi connectivity index (χ0) is 7.98. The fraction of sp³-hybridized carbons (Fsp3) is 0.167. The summed E-state index contributed by atoms with van der Waals surface area (Å²) in [4.78, 5) is 5.70. The summed E-state index contributed by atoms with van der Waals surface area (Å²) in [7, 11) is 0. The fourth-order valence-corrected chi connectivity index (χ4v) is 0.417. The average Bonchev–Trinajstić information content (AvgIpc) is 2.00. The summed E-state index contributed by atoms with van der Waals surface area (Å²) in [6.45, 7) is 0. The van der Waals surface area contributed by atoms with Crippen LogP contribution in [0.5, 0.6) is 0 Å². The normalized spacial score (nSPS) is 7.80. The lowest BCUT2D eigenvalue weighted by Gasteiger charge is -1.89. The summed E-state index contributed by atoms with van der Waals surface area (Å²) in [6, 6.07) is 3.37. The van der Waals surface area contributed by atoms with Crippen LogP contribution in [0, 0.1) is 0 Å². The summed E-state index contributed by atoms with van der Waals surface area (Å²) in [6.07, 6.45) is 1.52. The monoisotopic (exact) mass is 251 g/mol. The Morgan fingerprint density at radius 1 is 1.30 bits per heavy atom. The molecule has 4 N–H and O–H groups in total. The molecule has 1 heterocycles. The Hall–Kier alpha value is -0.520. The molecule has 4 heteroatoms. The first-order valence-electron chi connectivity index (χ1n) is 2.64. The van der Waals surface area contributed by atoms with E-state index in [1.165, 1.54) is 6.20 Å². The summed E-state index contributed by atoms with van der Waals surface area (Å²) in [5.41, 5.74) is 11.2. The fourth-order valence-electron chi connectivity index (χ4n) is 0.417. The van der Waals surface area contributed by atoms with Gasteiger partial charge < -0.3 is 11.5 Å². The zero-order valence-electron chi connectivity index (χ0n) is 5.71. The molecule has 0 aliphatic rings. The van der Waals surface area contributed by atoms with Crippen LogP contribution < -0.4 is 11.5 Å². The lowest BCUT2D eigenvalue weighted by molar-refractivity contribution is 1.34. The Morgan fingerprint density at radius 2 is 1.90 bits per heavy atom. The molecule has 0 aliphatic heterocycles. The number of rotatable bonds is 0. The van der Waals surface area contributed by atoms with Crippen LogP contribution in [-0.2, 0) is 0 Å². The molecule has 0 atom stereocenters. The van der Waals surface area contributed by atoms with E-state index in [1.54, 1.807) is 12.1 Å². The van der Waals surface area contributed by atoms with Gasteiger partial charge in [0.15, 0.2) is 0 Å². The van der Waals surface area contributed by atoms with Gasteiger partial charge in [-0.3, -0.25) is 0 Å². The Bertz CT molecular complexity index is 152. The van der Waals surface area contributed by atoms with Crippen molar-refractivity contribution >= 4 is 34.1 Å². The Kier molecular flexibility index (Phi) is 5.00. The van der Waals surface area contributed by atoms with Crippen molar-refractivity contribution in [2.75, 3.05) is 16.4 Å². The summed E-state index contributed by atoms with van der Waals surface area (Å²) in [5.74, 6) is 0.499. The Labute approximate surface area is 74.0 Å². The van der Waals surface area contributed by atoms with Gasteiger partial charge in [-0.05, 0) is 17.1 Å². The highest BCUT2D eigenvalue weighted by atomic mass is 127. The van der Waals surface area contributed by atoms with Crippen molar-refractivity contribution < 1.29 is 0 Å². The van der Waals surface area contributed by atoms with Crippen LogP contribution in [-0.4, -0.2) is 9.91 Å². The van der Waals surface area contributed by atoms with Crippen molar-refractivity contribution in [1.82, 2.24) is 4.98 Å². The number of nitrogens with zero attached hydrogens (tertiary/aromatic N) is 1. The number of anilines is 2. The quantitative estimate of drug-likeness (QED) is 0.539. The smallest absolute Gasteiger partial charge is 0.123 e. The highest BCUT2D eigenvalue weighted by Gasteiger charge is 1.82. The second-order valence-electron chi connectivity index (χ2n) is 1.52. The van der Waals surface area contributed by atoms with E-state index >= 15 is 0 Å². The number of hydrogen-bond donors (Lipinski definition) is 2. The molecule has 3 nitrogen and oxygen atoms in total. The topological polar surface area (TPSA) is 64.9 Å². The lowest BCUT2D eigenvalue weighted by Crippen LogP contribution is -1.90. The molecule has 0 aliphatic carbocycles. The number of alkyl halides is 1. The number of halogens is 1. The molecule has 0 unspecified atom stereocenters. The predicted molar refractivity (Wildman–Crippen MR) is 53.0 cm³/mol.